The van der Waals surface area contributed by atoms with Crippen molar-refractivity contribution in [2.75, 3.05) is 24.2 Å². The summed E-state index contributed by atoms with van der Waals surface area (Å²) < 4.78 is 0. The lowest BCUT2D eigenvalue weighted by Gasteiger charge is -2.10. The summed E-state index contributed by atoms with van der Waals surface area (Å²) in [7, 11) is 0. The lowest BCUT2D eigenvalue weighted by molar-refractivity contribution is -0.685. The maximum atomic E-state index is 4.77. The van der Waals surface area contributed by atoms with Gasteiger partial charge in [0.15, 0.2) is 0 Å². The predicted molar refractivity (Wildman–Crippen MR) is 89.3 cm³/mol. The second-order valence-corrected chi connectivity index (χ2v) is 7.39. The van der Waals surface area contributed by atoms with Crippen LogP contribution >= 0.6 is 39.5 Å². The minimum Gasteiger partial charge on any atom is -1.00 e. The molecule has 108 valence electrons. The average molecular weight is 437 g/mol. The Morgan fingerprint density at radius 1 is 1.35 bits per heavy atom. The topological polar surface area (TPSA) is 29.2 Å². The van der Waals surface area contributed by atoms with Crippen LogP contribution in [-0.4, -0.2) is 39.8 Å². The highest BCUT2D eigenvalue weighted by Gasteiger charge is 2.35. The number of alkyl halides is 1. The number of aliphatic imine (C=N–C) groups is 2. The minimum atomic E-state index is 0. The molecular formula is C13H15Br2N3S2. The molecule has 0 aromatic heterocycles. The molecule has 1 aromatic carbocycles. The Morgan fingerprint density at radius 2 is 2.15 bits per heavy atom. The Hall–Kier alpha value is 0.180. The highest BCUT2D eigenvalue weighted by molar-refractivity contribution is 9.09. The van der Waals surface area contributed by atoms with Crippen LogP contribution in [0.15, 0.2) is 40.3 Å². The Kier molecular flexibility index (Phi) is 6.61. The molecule has 0 spiro atoms. The van der Waals surface area contributed by atoms with Crippen LogP contribution in [-0.2, 0) is 0 Å². The molecule has 2 aliphatic heterocycles. The molecule has 0 aliphatic carbocycles. The Balaban J connectivity index is 0.00000147. The lowest BCUT2D eigenvalue weighted by Crippen LogP contribution is -3.14. The van der Waals surface area contributed by atoms with E-state index in [1.54, 1.807) is 0 Å². The number of para-hydroxylation sites is 1. The fraction of sp³-hybridized carbons (Fsp3) is 0.385. The Bertz CT molecular complexity index is 508. The van der Waals surface area contributed by atoms with Crippen molar-refractivity contribution < 1.29 is 21.9 Å². The Morgan fingerprint density at radius 3 is 2.85 bits per heavy atom. The zero-order chi connectivity index (χ0) is 13.1. The van der Waals surface area contributed by atoms with Gasteiger partial charge in [0.1, 0.15) is 0 Å². The molecule has 1 N–H and O–H groups in total. The van der Waals surface area contributed by atoms with Crippen LogP contribution in [0.3, 0.4) is 0 Å². The molecule has 0 radical (unpaired) electrons. The summed E-state index contributed by atoms with van der Waals surface area (Å²) in [4.78, 5) is 10.8. The molecule has 7 heteroatoms. The van der Waals surface area contributed by atoms with Gasteiger partial charge in [-0.15, -0.1) is 0 Å². The second kappa shape index (κ2) is 7.98. The lowest BCUT2D eigenvalue weighted by atomic mass is 10.3. The standard InChI is InChI=1S/C13H14BrN3S2.BrH/c14-8-11-9-15-12(19-11)17-6-7-18-13(17)16-10-4-2-1-3-5-10;/h1-5,11H,6-9H2;1H. The fourth-order valence-electron chi connectivity index (χ4n) is 2.03. The monoisotopic (exact) mass is 435 g/mol. The van der Waals surface area contributed by atoms with E-state index in [9.17, 15) is 0 Å². The second-order valence-electron chi connectivity index (χ2n) is 4.37. The van der Waals surface area contributed by atoms with E-state index in [0.29, 0.717) is 5.25 Å². The van der Waals surface area contributed by atoms with Crippen molar-refractivity contribution in [1.29, 1.82) is 0 Å². The smallest absolute Gasteiger partial charge is 0.269 e. The van der Waals surface area contributed by atoms with Crippen LogP contribution in [0.2, 0.25) is 0 Å². The third-order valence-corrected chi connectivity index (χ3v) is 6.46. The van der Waals surface area contributed by atoms with Crippen molar-refractivity contribution >= 4 is 55.5 Å². The van der Waals surface area contributed by atoms with Crippen LogP contribution in [0.5, 0.6) is 0 Å². The van der Waals surface area contributed by atoms with E-state index in [1.807, 2.05) is 53.9 Å². The molecule has 1 fully saturated rings. The van der Waals surface area contributed by atoms with Gasteiger partial charge < -0.3 is 17.0 Å². The maximum Gasteiger partial charge on any atom is 0.269 e. The Labute approximate surface area is 146 Å². The number of benzene rings is 1. The molecule has 2 aliphatic rings. The predicted octanol–water partition coefficient (Wildman–Crippen LogP) is -0.824. The van der Waals surface area contributed by atoms with Crippen molar-refractivity contribution in [3.63, 3.8) is 0 Å². The van der Waals surface area contributed by atoms with Crippen LogP contribution in [0, 0.1) is 0 Å². The molecule has 3 rings (SSSR count). The average Bonchev–Trinajstić information content (AvgIpc) is 3.08. The molecule has 1 saturated heterocycles. The van der Waals surface area contributed by atoms with E-state index >= 15 is 0 Å². The number of hydrogen-bond donors (Lipinski definition) is 1. The quantitative estimate of drug-likeness (QED) is 0.613. The van der Waals surface area contributed by atoms with Gasteiger partial charge in [-0.25, -0.2) is 9.89 Å². The molecule has 0 amide bonds. The SMILES string of the molecule is BrCC1CN=C([NH+]2CCSC2=Nc2ccccc2)S1.[Br-]. The first-order chi connectivity index (χ1) is 9.36. The summed E-state index contributed by atoms with van der Waals surface area (Å²) in [5.74, 6) is 1.12. The maximum absolute atomic E-state index is 4.77. The van der Waals surface area contributed by atoms with Crippen LogP contribution < -0.4 is 21.9 Å². The summed E-state index contributed by atoms with van der Waals surface area (Å²) in [6, 6.07) is 10.2. The van der Waals surface area contributed by atoms with E-state index in [4.69, 9.17) is 4.99 Å². The first kappa shape index (κ1) is 16.5. The van der Waals surface area contributed by atoms with Gasteiger partial charge in [-0.1, -0.05) is 34.1 Å². The van der Waals surface area contributed by atoms with E-state index in [0.717, 1.165) is 35.0 Å². The van der Waals surface area contributed by atoms with E-state index < -0.39 is 0 Å². The van der Waals surface area contributed by atoms with Crippen molar-refractivity contribution in [3.8, 4) is 0 Å². The molecule has 1 aromatic rings. The van der Waals surface area contributed by atoms with Crippen molar-refractivity contribution in [2.24, 2.45) is 9.98 Å². The molecule has 20 heavy (non-hydrogen) atoms. The summed E-state index contributed by atoms with van der Waals surface area (Å²) >= 11 is 7.28. The first-order valence-corrected chi connectivity index (χ1v) is 9.25. The van der Waals surface area contributed by atoms with Crippen molar-refractivity contribution in [1.82, 2.24) is 0 Å². The number of thioether (sulfide) groups is 2. The van der Waals surface area contributed by atoms with Crippen LogP contribution in [0.4, 0.5) is 5.69 Å². The largest absolute Gasteiger partial charge is 1.00 e. The molecule has 2 heterocycles. The highest BCUT2D eigenvalue weighted by Crippen LogP contribution is 2.21. The highest BCUT2D eigenvalue weighted by atomic mass is 79.9. The van der Waals surface area contributed by atoms with Crippen molar-refractivity contribution in [2.45, 2.75) is 5.25 Å². The van der Waals surface area contributed by atoms with Gasteiger partial charge >= 0.3 is 0 Å². The molecule has 2 atom stereocenters. The van der Waals surface area contributed by atoms with Crippen molar-refractivity contribution in [3.05, 3.63) is 30.3 Å². The third kappa shape index (κ3) is 3.88. The van der Waals surface area contributed by atoms with Gasteiger partial charge in [0.2, 0.25) is 0 Å². The number of amidine groups is 2. The van der Waals surface area contributed by atoms with Gasteiger partial charge in [-0.2, -0.15) is 4.99 Å². The summed E-state index contributed by atoms with van der Waals surface area (Å²) in [5.41, 5.74) is 1.03. The molecule has 2 unspecified atom stereocenters. The summed E-state index contributed by atoms with van der Waals surface area (Å²) in [5, 5.41) is 3.97. The van der Waals surface area contributed by atoms with E-state index in [-0.39, 0.29) is 17.0 Å². The number of nitrogens with one attached hydrogen (secondary N) is 1. The van der Waals surface area contributed by atoms with Gasteiger partial charge in [-0.05, 0) is 35.7 Å². The molecule has 0 bridgehead atoms. The fourth-order valence-corrected chi connectivity index (χ4v) is 4.75. The first-order valence-electron chi connectivity index (χ1n) is 6.27. The third-order valence-electron chi connectivity index (χ3n) is 2.98. The van der Waals surface area contributed by atoms with Crippen LogP contribution in [0.1, 0.15) is 0 Å². The van der Waals surface area contributed by atoms with E-state index in [2.05, 4.69) is 20.9 Å². The van der Waals surface area contributed by atoms with Crippen LogP contribution in [0.25, 0.3) is 0 Å². The molecular weight excluding hydrogens is 422 g/mol. The van der Waals surface area contributed by atoms with Gasteiger partial charge in [0.25, 0.3) is 10.3 Å². The zero-order valence-corrected chi connectivity index (χ0v) is 15.6. The van der Waals surface area contributed by atoms with E-state index in [1.165, 1.54) is 10.1 Å². The summed E-state index contributed by atoms with van der Waals surface area (Å²) in [6.07, 6.45) is 0. The van der Waals surface area contributed by atoms with Gasteiger partial charge in [0.05, 0.1) is 24.5 Å². The normalized spacial score (nSPS) is 27.4. The summed E-state index contributed by atoms with van der Waals surface area (Å²) in [6.45, 7) is 2.02. The molecule has 0 saturated carbocycles. The minimum absolute atomic E-state index is 0. The number of halogens is 2. The number of nitrogens with zero attached hydrogens (tertiary/aromatic N) is 2. The van der Waals surface area contributed by atoms with Gasteiger partial charge in [0, 0.05) is 10.6 Å². The zero-order valence-electron chi connectivity index (χ0n) is 10.8. The molecule has 3 nitrogen and oxygen atoms in total. The number of hydrogen-bond acceptors (Lipinski definition) is 4. The van der Waals surface area contributed by atoms with Gasteiger partial charge in [-0.3, -0.25) is 0 Å². The number of rotatable bonds is 2. The number of quaternary nitrogens is 1.